The molecule has 21 heavy (non-hydrogen) atoms. The summed E-state index contributed by atoms with van der Waals surface area (Å²) < 4.78 is 5.79. The number of nitrogens with one attached hydrogen (secondary N) is 2. The molecule has 0 fully saturated rings. The molecule has 110 valence electrons. The van der Waals surface area contributed by atoms with Crippen LogP contribution in [-0.2, 0) is 13.1 Å². The first-order valence-corrected chi connectivity index (χ1v) is 7.02. The number of hydrogen-bond donors (Lipinski definition) is 2. The molecule has 1 heterocycles. The van der Waals surface area contributed by atoms with Crippen LogP contribution in [0.2, 0.25) is 0 Å². The summed E-state index contributed by atoms with van der Waals surface area (Å²) in [5.41, 5.74) is 2.70. The van der Waals surface area contributed by atoms with Crippen molar-refractivity contribution in [2.45, 2.75) is 39.5 Å². The van der Waals surface area contributed by atoms with Crippen molar-refractivity contribution in [1.29, 1.82) is 5.26 Å². The maximum Gasteiger partial charge on any atom is 0.120 e. The first-order chi connectivity index (χ1) is 9.96. The first-order valence-electron chi connectivity index (χ1n) is 7.02. The molecule has 4 nitrogen and oxygen atoms in total. The van der Waals surface area contributed by atoms with Crippen molar-refractivity contribution < 1.29 is 4.74 Å². The van der Waals surface area contributed by atoms with Gasteiger partial charge in [-0.15, -0.1) is 0 Å². The normalized spacial score (nSPS) is 11.1. The molecule has 0 aliphatic carbocycles. The van der Waals surface area contributed by atoms with E-state index in [4.69, 9.17) is 10.00 Å². The highest BCUT2D eigenvalue weighted by atomic mass is 16.5. The second-order valence-electron chi connectivity index (χ2n) is 6.00. The average Bonchev–Trinajstić information content (AvgIpc) is 2.87. The second kappa shape index (κ2) is 6.47. The van der Waals surface area contributed by atoms with Gasteiger partial charge in [0.05, 0.1) is 0 Å². The van der Waals surface area contributed by atoms with Crippen LogP contribution in [-0.4, -0.2) is 10.6 Å². The molecule has 0 unspecified atom stereocenters. The fourth-order valence-electron chi connectivity index (χ4n) is 1.99. The van der Waals surface area contributed by atoms with Crippen LogP contribution in [0.3, 0.4) is 0 Å². The van der Waals surface area contributed by atoms with Gasteiger partial charge in [-0.3, -0.25) is 0 Å². The van der Waals surface area contributed by atoms with Crippen molar-refractivity contribution in [2.75, 3.05) is 0 Å². The Morgan fingerprint density at radius 2 is 1.81 bits per heavy atom. The van der Waals surface area contributed by atoms with Crippen molar-refractivity contribution in [2.24, 2.45) is 0 Å². The highest BCUT2D eigenvalue weighted by Crippen LogP contribution is 2.18. The van der Waals surface area contributed by atoms with Gasteiger partial charge in [-0.25, -0.2) is 0 Å². The molecule has 4 heteroatoms. The van der Waals surface area contributed by atoms with Crippen LogP contribution in [0, 0.1) is 11.3 Å². The predicted molar refractivity (Wildman–Crippen MR) is 82.9 cm³/mol. The Balaban J connectivity index is 1.82. The number of aromatic amines is 1. The third-order valence-electron chi connectivity index (χ3n) is 2.87. The minimum Gasteiger partial charge on any atom is -0.488 e. The Morgan fingerprint density at radius 3 is 2.38 bits per heavy atom. The van der Waals surface area contributed by atoms with Crippen LogP contribution < -0.4 is 10.1 Å². The molecule has 1 aromatic heterocycles. The Labute approximate surface area is 125 Å². The second-order valence-corrected chi connectivity index (χ2v) is 6.00. The lowest BCUT2D eigenvalue weighted by molar-refractivity contribution is 0.131. The standard InChI is InChI=1S/C17H21N3O/c1-17(2,3)21-16-6-4-13(5-7-16)10-19-11-14-8-15(9-18)20-12-14/h4-8,12,19-20H,10-11H2,1-3H3. The smallest absolute Gasteiger partial charge is 0.120 e. The molecule has 2 N–H and O–H groups in total. The molecule has 2 rings (SSSR count). The highest BCUT2D eigenvalue weighted by Gasteiger charge is 2.11. The number of nitrogens with zero attached hydrogens (tertiary/aromatic N) is 1. The van der Waals surface area contributed by atoms with E-state index >= 15 is 0 Å². The summed E-state index contributed by atoms with van der Waals surface area (Å²) in [5, 5.41) is 12.1. The SMILES string of the molecule is CC(C)(C)Oc1ccc(CNCc2c[nH]c(C#N)c2)cc1. The molecule has 0 atom stereocenters. The van der Waals surface area contributed by atoms with Gasteiger partial charge in [0.25, 0.3) is 0 Å². The zero-order chi connectivity index (χ0) is 15.3. The third-order valence-corrected chi connectivity index (χ3v) is 2.87. The van der Waals surface area contributed by atoms with Gasteiger partial charge in [0.1, 0.15) is 23.1 Å². The molecule has 0 bridgehead atoms. The largest absolute Gasteiger partial charge is 0.488 e. The number of rotatable bonds is 5. The molecular weight excluding hydrogens is 262 g/mol. The average molecular weight is 283 g/mol. The zero-order valence-corrected chi connectivity index (χ0v) is 12.7. The number of benzene rings is 1. The number of H-pyrrole nitrogens is 1. The Hall–Kier alpha value is -2.25. The summed E-state index contributed by atoms with van der Waals surface area (Å²) in [6.07, 6.45) is 1.85. The Kier molecular flexibility index (Phi) is 4.66. The van der Waals surface area contributed by atoms with Crippen LogP contribution in [0.5, 0.6) is 5.75 Å². The molecule has 0 saturated carbocycles. The Morgan fingerprint density at radius 1 is 1.14 bits per heavy atom. The van der Waals surface area contributed by atoms with E-state index in [0.29, 0.717) is 5.69 Å². The molecule has 0 saturated heterocycles. The third kappa shape index (κ3) is 4.97. The summed E-state index contributed by atoms with van der Waals surface area (Å²) in [7, 11) is 0. The molecule has 0 aliphatic rings. The van der Waals surface area contributed by atoms with Crippen molar-refractivity contribution in [3.8, 4) is 11.8 Å². The van der Waals surface area contributed by atoms with E-state index in [1.165, 1.54) is 5.56 Å². The van der Waals surface area contributed by atoms with Gasteiger partial charge in [-0.1, -0.05) is 12.1 Å². The maximum absolute atomic E-state index is 8.75. The summed E-state index contributed by atoms with van der Waals surface area (Å²) in [5.74, 6) is 0.885. The van der Waals surface area contributed by atoms with E-state index < -0.39 is 0 Å². The molecule has 0 amide bonds. The summed E-state index contributed by atoms with van der Waals surface area (Å²) in [6.45, 7) is 7.62. The highest BCUT2D eigenvalue weighted by molar-refractivity contribution is 5.28. The van der Waals surface area contributed by atoms with Crippen LogP contribution in [0.4, 0.5) is 0 Å². The van der Waals surface area contributed by atoms with E-state index in [9.17, 15) is 0 Å². The van der Waals surface area contributed by atoms with E-state index in [1.54, 1.807) is 0 Å². The number of ether oxygens (including phenoxy) is 1. The topological polar surface area (TPSA) is 60.8 Å². The molecular formula is C17H21N3O. The molecule has 0 radical (unpaired) electrons. The summed E-state index contributed by atoms with van der Waals surface area (Å²) in [4.78, 5) is 2.92. The molecule has 1 aromatic carbocycles. The molecule has 0 spiro atoms. The van der Waals surface area contributed by atoms with Crippen molar-refractivity contribution in [3.05, 3.63) is 53.3 Å². The quantitative estimate of drug-likeness (QED) is 0.884. The maximum atomic E-state index is 8.75. The zero-order valence-electron chi connectivity index (χ0n) is 12.7. The summed E-state index contributed by atoms with van der Waals surface area (Å²) >= 11 is 0. The van der Waals surface area contributed by atoms with Crippen LogP contribution in [0.1, 0.15) is 37.6 Å². The summed E-state index contributed by atoms with van der Waals surface area (Å²) in [6, 6.07) is 12.0. The first kappa shape index (κ1) is 15.1. The van der Waals surface area contributed by atoms with Gasteiger partial charge in [-0.05, 0) is 50.1 Å². The van der Waals surface area contributed by atoms with Gasteiger partial charge < -0.3 is 15.0 Å². The van der Waals surface area contributed by atoms with E-state index in [2.05, 4.69) is 28.5 Å². The van der Waals surface area contributed by atoms with Gasteiger partial charge in [-0.2, -0.15) is 5.26 Å². The van der Waals surface area contributed by atoms with E-state index in [0.717, 1.165) is 24.4 Å². The van der Waals surface area contributed by atoms with Gasteiger partial charge in [0, 0.05) is 19.3 Å². The van der Waals surface area contributed by atoms with Crippen molar-refractivity contribution >= 4 is 0 Å². The monoisotopic (exact) mass is 283 g/mol. The fourth-order valence-corrected chi connectivity index (χ4v) is 1.99. The van der Waals surface area contributed by atoms with Crippen LogP contribution in [0.15, 0.2) is 36.5 Å². The number of aromatic nitrogens is 1. The fraction of sp³-hybridized carbons (Fsp3) is 0.353. The predicted octanol–water partition coefficient (Wildman–Crippen LogP) is 3.35. The molecule has 0 aliphatic heterocycles. The van der Waals surface area contributed by atoms with Gasteiger partial charge in [0.15, 0.2) is 0 Å². The Bertz CT molecular complexity index is 615. The number of nitriles is 1. The van der Waals surface area contributed by atoms with Crippen molar-refractivity contribution in [3.63, 3.8) is 0 Å². The lowest BCUT2D eigenvalue weighted by Crippen LogP contribution is -2.22. The lowest BCUT2D eigenvalue weighted by Gasteiger charge is -2.21. The van der Waals surface area contributed by atoms with Gasteiger partial charge >= 0.3 is 0 Å². The lowest BCUT2D eigenvalue weighted by atomic mass is 10.1. The number of hydrogen-bond acceptors (Lipinski definition) is 3. The van der Waals surface area contributed by atoms with E-state index in [-0.39, 0.29) is 5.60 Å². The van der Waals surface area contributed by atoms with Crippen LogP contribution >= 0.6 is 0 Å². The van der Waals surface area contributed by atoms with Crippen LogP contribution in [0.25, 0.3) is 0 Å². The minimum absolute atomic E-state index is 0.174. The van der Waals surface area contributed by atoms with Crippen molar-refractivity contribution in [1.82, 2.24) is 10.3 Å². The minimum atomic E-state index is -0.174. The van der Waals surface area contributed by atoms with E-state index in [1.807, 2.05) is 45.2 Å². The molecule has 2 aromatic rings. The van der Waals surface area contributed by atoms with Gasteiger partial charge in [0.2, 0.25) is 0 Å².